The smallest absolute Gasteiger partial charge is 0.308 e. The number of thiazole rings is 1. The molecule has 0 unspecified atom stereocenters. The highest BCUT2D eigenvalue weighted by Crippen LogP contribution is 2.35. The summed E-state index contributed by atoms with van der Waals surface area (Å²) in [5.74, 6) is -0.804. The number of hydrogen-bond acceptors (Lipinski definition) is 4. The summed E-state index contributed by atoms with van der Waals surface area (Å²) in [7, 11) is 0. The summed E-state index contributed by atoms with van der Waals surface area (Å²) in [6.45, 7) is 6.19. The Morgan fingerprint density at radius 3 is 2.64 bits per heavy atom. The van der Waals surface area contributed by atoms with E-state index in [0.717, 1.165) is 34.4 Å². The molecule has 0 aliphatic carbocycles. The third-order valence-electron chi connectivity index (χ3n) is 4.15. The number of nitrogens with zero attached hydrogens (tertiary/aromatic N) is 2. The largest absolute Gasteiger partial charge is 0.481 e. The van der Waals surface area contributed by atoms with Gasteiger partial charge in [-0.15, -0.1) is 11.3 Å². The van der Waals surface area contributed by atoms with Gasteiger partial charge in [-0.05, 0) is 43.9 Å². The molecule has 1 N–H and O–H groups in total. The summed E-state index contributed by atoms with van der Waals surface area (Å²) < 4.78 is 0. The van der Waals surface area contributed by atoms with Gasteiger partial charge in [-0.2, -0.15) is 0 Å². The van der Waals surface area contributed by atoms with Gasteiger partial charge in [0, 0.05) is 23.5 Å². The Kier molecular flexibility index (Phi) is 4.16. The highest BCUT2D eigenvalue weighted by atomic mass is 32.1. The van der Waals surface area contributed by atoms with Crippen LogP contribution >= 0.6 is 11.3 Å². The first kappa shape index (κ1) is 15.0. The van der Waals surface area contributed by atoms with Gasteiger partial charge in [0.15, 0.2) is 5.13 Å². The minimum absolute atomic E-state index is 0.0355. The van der Waals surface area contributed by atoms with Crippen LogP contribution < -0.4 is 4.90 Å². The Hall–Kier alpha value is -1.88. The maximum Gasteiger partial charge on any atom is 0.308 e. The molecule has 1 fully saturated rings. The summed E-state index contributed by atoms with van der Waals surface area (Å²) in [4.78, 5) is 19.0. The fourth-order valence-electron chi connectivity index (χ4n) is 2.75. The van der Waals surface area contributed by atoms with Crippen LogP contribution in [-0.2, 0) is 11.2 Å². The normalized spacial score (nSPS) is 14.5. The average Bonchev–Trinajstić information content (AvgIpc) is 3.10. The van der Waals surface area contributed by atoms with E-state index in [1.165, 1.54) is 35.3 Å². The van der Waals surface area contributed by atoms with Crippen LogP contribution in [0.15, 0.2) is 18.2 Å². The first-order valence-electron chi connectivity index (χ1n) is 7.58. The summed E-state index contributed by atoms with van der Waals surface area (Å²) in [5, 5.41) is 10.1. The van der Waals surface area contributed by atoms with Crippen LogP contribution in [0.4, 0.5) is 5.13 Å². The monoisotopic (exact) mass is 316 g/mol. The Morgan fingerprint density at radius 1 is 1.27 bits per heavy atom. The lowest BCUT2D eigenvalue weighted by Gasteiger charge is -2.12. The molecule has 22 heavy (non-hydrogen) atoms. The molecule has 1 aromatic heterocycles. The van der Waals surface area contributed by atoms with Gasteiger partial charge < -0.3 is 10.0 Å². The molecule has 1 aromatic carbocycles. The molecule has 4 nitrogen and oxygen atoms in total. The standard InChI is InChI=1S/C17H20N2O2S/c1-11-5-6-13(9-12(11)2)16-14(10-15(20)21)22-17(18-16)19-7-3-4-8-19/h5-6,9H,3-4,7-8,10H2,1-2H3,(H,20,21). The van der Waals surface area contributed by atoms with E-state index in [-0.39, 0.29) is 6.42 Å². The van der Waals surface area contributed by atoms with E-state index in [9.17, 15) is 9.90 Å². The SMILES string of the molecule is Cc1ccc(-c2nc(N3CCCC3)sc2CC(=O)O)cc1C. The molecular formula is C17H20N2O2S. The fourth-order valence-corrected chi connectivity index (χ4v) is 3.88. The van der Waals surface area contributed by atoms with Crippen LogP contribution in [0.25, 0.3) is 11.3 Å². The van der Waals surface area contributed by atoms with Crippen LogP contribution in [0, 0.1) is 13.8 Å². The molecule has 0 atom stereocenters. The molecule has 0 radical (unpaired) electrons. The number of carbonyl (C=O) groups is 1. The maximum atomic E-state index is 11.2. The minimum atomic E-state index is -0.804. The zero-order valence-corrected chi connectivity index (χ0v) is 13.7. The number of carboxylic acid groups (broad SMARTS) is 1. The highest BCUT2D eigenvalue weighted by Gasteiger charge is 2.21. The molecule has 2 heterocycles. The van der Waals surface area contributed by atoms with E-state index in [0.29, 0.717) is 0 Å². The van der Waals surface area contributed by atoms with Gasteiger partial charge in [0.25, 0.3) is 0 Å². The average molecular weight is 316 g/mol. The first-order chi connectivity index (χ1) is 10.5. The molecule has 3 rings (SSSR count). The number of rotatable bonds is 4. The van der Waals surface area contributed by atoms with E-state index in [1.807, 2.05) is 6.07 Å². The number of anilines is 1. The van der Waals surface area contributed by atoms with Gasteiger partial charge in [-0.3, -0.25) is 4.79 Å². The quantitative estimate of drug-likeness (QED) is 0.935. The van der Waals surface area contributed by atoms with Crippen molar-refractivity contribution in [3.8, 4) is 11.3 Å². The van der Waals surface area contributed by atoms with Crippen LogP contribution in [0.1, 0.15) is 28.8 Å². The Balaban J connectivity index is 2.03. The summed E-state index contributed by atoms with van der Waals surface area (Å²) >= 11 is 1.52. The van der Waals surface area contributed by atoms with Gasteiger partial charge in [-0.25, -0.2) is 4.98 Å². The lowest BCUT2D eigenvalue weighted by atomic mass is 10.0. The van der Waals surface area contributed by atoms with Crippen molar-refractivity contribution in [1.82, 2.24) is 4.98 Å². The van der Waals surface area contributed by atoms with E-state index >= 15 is 0 Å². The van der Waals surface area contributed by atoms with Gasteiger partial charge in [0.1, 0.15) is 0 Å². The minimum Gasteiger partial charge on any atom is -0.481 e. The fraction of sp³-hybridized carbons (Fsp3) is 0.412. The van der Waals surface area contributed by atoms with Crippen molar-refractivity contribution in [3.63, 3.8) is 0 Å². The van der Waals surface area contributed by atoms with Crippen molar-refractivity contribution in [2.45, 2.75) is 33.1 Å². The molecule has 0 spiro atoms. The molecule has 2 aromatic rings. The first-order valence-corrected chi connectivity index (χ1v) is 8.40. The van der Waals surface area contributed by atoms with Crippen molar-refractivity contribution < 1.29 is 9.90 Å². The lowest BCUT2D eigenvalue weighted by Crippen LogP contribution is -2.17. The number of benzene rings is 1. The number of hydrogen-bond donors (Lipinski definition) is 1. The van der Waals surface area contributed by atoms with Crippen molar-refractivity contribution in [2.75, 3.05) is 18.0 Å². The molecule has 1 aliphatic rings. The predicted molar refractivity (Wildman–Crippen MR) is 89.8 cm³/mol. The Morgan fingerprint density at radius 2 is 2.00 bits per heavy atom. The van der Waals surface area contributed by atoms with Crippen LogP contribution in [-0.4, -0.2) is 29.1 Å². The zero-order chi connectivity index (χ0) is 15.7. The Labute approximate surface area is 134 Å². The number of aryl methyl sites for hydroxylation is 2. The molecule has 1 saturated heterocycles. The van der Waals surface area contributed by atoms with Crippen LogP contribution in [0.2, 0.25) is 0 Å². The van der Waals surface area contributed by atoms with E-state index < -0.39 is 5.97 Å². The van der Waals surface area contributed by atoms with E-state index in [4.69, 9.17) is 4.98 Å². The Bertz CT molecular complexity index is 703. The third kappa shape index (κ3) is 2.99. The molecule has 0 bridgehead atoms. The number of aliphatic carboxylic acids is 1. The molecule has 5 heteroatoms. The summed E-state index contributed by atoms with van der Waals surface area (Å²) in [6.07, 6.45) is 2.41. The second-order valence-electron chi connectivity index (χ2n) is 5.83. The highest BCUT2D eigenvalue weighted by molar-refractivity contribution is 7.16. The molecular weight excluding hydrogens is 296 g/mol. The second-order valence-corrected chi connectivity index (χ2v) is 6.89. The molecule has 1 aliphatic heterocycles. The second kappa shape index (κ2) is 6.08. The molecule has 116 valence electrons. The van der Waals surface area contributed by atoms with Crippen molar-refractivity contribution in [1.29, 1.82) is 0 Å². The summed E-state index contributed by atoms with van der Waals surface area (Å²) in [5.41, 5.74) is 4.28. The van der Waals surface area contributed by atoms with Gasteiger partial charge in [0.05, 0.1) is 12.1 Å². The lowest BCUT2D eigenvalue weighted by molar-refractivity contribution is -0.136. The van der Waals surface area contributed by atoms with Crippen LogP contribution in [0.5, 0.6) is 0 Å². The predicted octanol–water partition coefficient (Wildman–Crippen LogP) is 3.65. The van der Waals surface area contributed by atoms with Crippen molar-refractivity contribution in [2.24, 2.45) is 0 Å². The van der Waals surface area contributed by atoms with E-state index in [1.54, 1.807) is 0 Å². The number of aromatic nitrogens is 1. The number of carboxylic acids is 1. The zero-order valence-electron chi connectivity index (χ0n) is 12.9. The van der Waals surface area contributed by atoms with Gasteiger partial charge in [-0.1, -0.05) is 12.1 Å². The van der Waals surface area contributed by atoms with Crippen LogP contribution in [0.3, 0.4) is 0 Å². The van der Waals surface area contributed by atoms with Gasteiger partial charge >= 0.3 is 5.97 Å². The third-order valence-corrected chi connectivity index (χ3v) is 5.27. The molecule has 0 saturated carbocycles. The van der Waals surface area contributed by atoms with E-state index in [2.05, 4.69) is 30.9 Å². The summed E-state index contributed by atoms with van der Waals surface area (Å²) in [6, 6.07) is 6.21. The topological polar surface area (TPSA) is 53.4 Å². The van der Waals surface area contributed by atoms with Crippen molar-refractivity contribution >= 4 is 22.4 Å². The maximum absolute atomic E-state index is 11.2. The van der Waals surface area contributed by atoms with Crippen molar-refractivity contribution in [3.05, 3.63) is 34.2 Å². The van der Waals surface area contributed by atoms with Gasteiger partial charge in [0.2, 0.25) is 0 Å². The molecule has 0 amide bonds.